The first-order chi connectivity index (χ1) is 12.2. The second-order valence-corrected chi connectivity index (χ2v) is 8.96. The summed E-state index contributed by atoms with van der Waals surface area (Å²) in [6, 6.07) is 13.5. The van der Waals surface area contributed by atoms with Crippen molar-refractivity contribution in [3.63, 3.8) is 0 Å². The van der Waals surface area contributed by atoms with Crippen LogP contribution in [0.1, 0.15) is 13.8 Å². The monoisotopic (exact) mass is 439 g/mol. The van der Waals surface area contributed by atoms with Gasteiger partial charge in [0.15, 0.2) is 0 Å². The van der Waals surface area contributed by atoms with Crippen LogP contribution in [0.5, 0.6) is 0 Å². The van der Waals surface area contributed by atoms with E-state index < -0.39 is 10.0 Å². The van der Waals surface area contributed by atoms with Crippen molar-refractivity contribution in [2.75, 3.05) is 24.2 Å². The van der Waals surface area contributed by atoms with E-state index >= 15 is 0 Å². The first-order valence-electron chi connectivity index (χ1n) is 8.07. The molecule has 0 heterocycles. The van der Waals surface area contributed by atoms with Gasteiger partial charge in [-0.1, -0.05) is 15.9 Å². The Hall–Kier alpha value is -1.90. The molecule has 0 saturated heterocycles. The first kappa shape index (κ1) is 20.4. The predicted octanol–water partition coefficient (Wildman–Crippen LogP) is 3.53. The molecule has 140 valence electrons. The van der Waals surface area contributed by atoms with Gasteiger partial charge < -0.3 is 10.6 Å². The van der Waals surface area contributed by atoms with E-state index in [0.717, 1.165) is 4.47 Å². The third-order valence-corrected chi connectivity index (χ3v) is 6.42. The number of halogens is 1. The van der Waals surface area contributed by atoms with Crippen molar-refractivity contribution in [3.8, 4) is 0 Å². The van der Waals surface area contributed by atoms with E-state index in [1.54, 1.807) is 31.3 Å². The minimum Gasteiger partial charge on any atom is -0.376 e. The Kier molecular flexibility index (Phi) is 6.80. The molecule has 0 atom stereocenters. The van der Waals surface area contributed by atoms with Crippen molar-refractivity contribution in [1.82, 2.24) is 4.31 Å². The third-order valence-electron chi connectivity index (χ3n) is 3.84. The molecule has 0 aliphatic heterocycles. The lowest BCUT2D eigenvalue weighted by molar-refractivity contribution is -0.114. The summed E-state index contributed by atoms with van der Waals surface area (Å²) >= 11 is 3.34. The normalized spacial score (nSPS) is 11.6. The fourth-order valence-electron chi connectivity index (χ4n) is 2.11. The van der Waals surface area contributed by atoms with E-state index in [2.05, 4.69) is 26.6 Å². The highest BCUT2D eigenvalue weighted by Gasteiger charge is 2.22. The lowest BCUT2D eigenvalue weighted by Crippen LogP contribution is -2.33. The number of carbonyl (C=O) groups excluding carboxylic acids is 1. The summed E-state index contributed by atoms with van der Waals surface area (Å²) in [4.78, 5) is 12.2. The minimum absolute atomic E-state index is 0.0774. The van der Waals surface area contributed by atoms with E-state index in [0.29, 0.717) is 11.4 Å². The number of benzene rings is 2. The van der Waals surface area contributed by atoms with Gasteiger partial charge in [-0.2, -0.15) is 4.31 Å². The maximum Gasteiger partial charge on any atom is 0.243 e. The Morgan fingerprint density at radius 3 is 2.12 bits per heavy atom. The predicted molar refractivity (Wildman–Crippen MR) is 108 cm³/mol. The molecule has 0 aliphatic rings. The molecular formula is C18H22BrN3O3S. The second kappa shape index (κ2) is 8.66. The molecule has 1 amide bonds. The Morgan fingerprint density at radius 2 is 1.58 bits per heavy atom. The van der Waals surface area contributed by atoms with Crippen molar-refractivity contribution >= 4 is 43.2 Å². The zero-order valence-electron chi connectivity index (χ0n) is 14.9. The Morgan fingerprint density at radius 1 is 1.04 bits per heavy atom. The average Bonchev–Trinajstić information content (AvgIpc) is 2.61. The van der Waals surface area contributed by atoms with Crippen molar-refractivity contribution in [1.29, 1.82) is 0 Å². The summed E-state index contributed by atoms with van der Waals surface area (Å²) in [6.07, 6.45) is 0. The molecule has 2 aromatic rings. The summed E-state index contributed by atoms with van der Waals surface area (Å²) < 4.78 is 27.1. The van der Waals surface area contributed by atoms with Gasteiger partial charge in [-0.05, 0) is 62.4 Å². The van der Waals surface area contributed by atoms with E-state index in [1.165, 1.54) is 16.4 Å². The standard InChI is InChI=1S/C18H22BrN3O3S/c1-13(2)22(3)26(24,25)17-10-8-15(9-11-17)20-12-18(23)21-16-6-4-14(19)5-7-16/h4-11,13,20H,12H2,1-3H3,(H,21,23). The molecule has 26 heavy (non-hydrogen) atoms. The molecule has 0 unspecified atom stereocenters. The van der Waals surface area contributed by atoms with Crippen LogP contribution in [0.3, 0.4) is 0 Å². The first-order valence-corrected chi connectivity index (χ1v) is 10.3. The Balaban J connectivity index is 1.95. The van der Waals surface area contributed by atoms with Gasteiger partial charge in [-0.25, -0.2) is 8.42 Å². The van der Waals surface area contributed by atoms with Crippen LogP contribution >= 0.6 is 15.9 Å². The highest BCUT2D eigenvalue weighted by molar-refractivity contribution is 9.10. The zero-order valence-corrected chi connectivity index (χ0v) is 17.3. The quantitative estimate of drug-likeness (QED) is 0.691. The molecule has 0 aliphatic carbocycles. The van der Waals surface area contributed by atoms with Gasteiger partial charge in [-0.15, -0.1) is 0 Å². The third kappa shape index (κ3) is 5.30. The smallest absolute Gasteiger partial charge is 0.243 e. The van der Waals surface area contributed by atoms with Crippen LogP contribution < -0.4 is 10.6 Å². The van der Waals surface area contributed by atoms with Gasteiger partial charge in [0.1, 0.15) is 0 Å². The molecule has 2 rings (SSSR count). The zero-order chi connectivity index (χ0) is 19.3. The Labute approximate surface area is 162 Å². The number of anilines is 2. The second-order valence-electron chi connectivity index (χ2n) is 6.05. The van der Waals surface area contributed by atoms with Gasteiger partial charge in [0, 0.05) is 28.9 Å². The number of hydrogen-bond donors (Lipinski definition) is 2. The van der Waals surface area contributed by atoms with Gasteiger partial charge in [-0.3, -0.25) is 4.79 Å². The number of hydrogen-bond acceptors (Lipinski definition) is 4. The molecule has 6 nitrogen and oxygen atoms in total. The summed E-state index contributed by atoms with van der Waals surface area (Å²) in [5.41, 5.74) is 1.38. The van der Waals surface area contributed by atoms with Gasteiger partial charge >= 0.3 is 0 Å². The molecule has 0 aromatic heterocycles. The maximum absolute atomic E-state index is 12.4. The number of nitrogens with one attached hydrogen (secondary N) is 2. The molecule has 2 N–H and O–H groups in total. The number of amides is 1. The van der Waals surface area contributed by atoms with Gasteiger partial charge in [0.25, 0.3) is 0 Å². The molecular weight excluding hydrogens is 418 g/mol. The van der Waals surface area contributed by atoms with E-state index in [-0.39, 0.29) is 23.4 Å². The molecule has 0 radical (unpaired) electrons. The minimum atomic E-state index is -3.51. The lowest BCUT2D eigenvalue weighted by Gasteiger charge is -2.21. The van der Waals surface area contributed by atoms with E-state index in [1.807, 2.05) is 26.0 Å². The topological polar surface area (TPSA) is 78.5 Å². The number of sulfonamides is 1. The summed E-state index contributed by atoms with van der Waals surface area (Å²) in [5.74, 6) is -0.191. The molecule has 8 heteroatoms. The maximum atomic E-state index is 12.4. The van der Waals surface area contributed by atoms with Gasteiger partial charge in [0.05, 0.1) is 11.4 Å². The summed E-state index contributed by atoms with van der Waals surface area (Å²) in [6.45, 7) is 3.71. The van der Waals surface area contributed by atoms with E-state index in [4.69, 9.17) is 0 Å². The molecule has 0 fully saturated rings. The van der Waals surface area contributed by atoms with Crippen LogP contribution in [-0.2, 0) is 14.8 Å². The fraction of sp³-hybridized carbons (Fsp3) is 0.278. The van der Waals surface area contributed by atoms with Crippen molar-refractivity contribution in [2.45, 2.75) is 24.8 Å². The van der Waals surface area contributed by atoms with Crippen LogP contribution in [0.4, 0.5) is 11.4 Å². The molecule has 0 bridgehead atoms. The number of rotatable bonds is 7. The SMILES string of the molecule is CC(C)N(C)S(=O)(=O)c1ccc(NCC(=O)Nc2ccc(Br)cc2)cc1. The molecule has 0 spiro atoms. The van der Waals surface area contributed by atoms with Crippen molar-refractivity contribution in [3.05, 3.63) is 53.0 Å². The fourth-order valence-corrected chi connectivity index (χ4v) is 3.74. The van der Waals surface area contributed by atoms with Crippen molar-refractivity contribution < 1.29 is 13.2 Å². The van der Waals surface area contributed by atoms with Crippen LogP contribution in [0.25, 0.3) is 0 Å². The van der Waals surface area contributed by atoms with Crippen molar-refractivity contribution in [2.24, 2.45) is 0 Å². The summed E-state index contributed by atoms with van der Waals surface area (Å²) in [7, 11) is -1.95. The van der Waals surface area contributed by atoms with Crippen LogP contribution in [0.15, 0.2) is 57.9 Å². The van der Waals surface area contributed by atoms with Crippen LogP contribution in [-0.4, -0.2) is 38.3 Å². The number of nitrogens with zero attached hydrogens (tertiary/aromatic N) is 1. The number of carbonyl (C=O) groups is 1. The van der Waals surface area contributed by atoms with Crippen LogP contribution in [0, 0.1) is 0 Å². The Bertz CT molecular complexity index is 850. The lowest BCUT2D eigenvalue weighted by atomic mass is 10.3. The average molecular weight is 440 g/mol. The molecule has 2 aromatic carbocycles. The van der Waals surface area contributed by atoms with Crippen LogP contribution in [0.2, 0.25) is 0 Å². The highest BCUT2D eigenvalue weighted by Crippen LogP contribution is 2.19. The van der Waals surface area contributed by atoms with E-state index in [9.17, 15) is 13.2 Å². The largest absolute Gasteiger partial charge is 0.376 e. The summed E-state index contributed by atoms with van der Waals surface area (Å²) in [5, 5.41) is 5.75. The highest BCUT2D eigenvalue weighted by atomic mass is 79.9. The van der Waals surface area contributed by atoms with Gasteiger partial charge in [0.2, 0.25) is 15.9 Å². The molecule has 0 saturated carbocycles.